The maximum Gasteiger partial charge on any atom is 0.257 e. The molecular formula is C12H20N4O. The zero-order valence-electron chi connectivity index (χ0n) is 10.7. The smallest absolute Gasteiger partial charge is 0.257 e. The largest absolute Gasteiger partial charge is 0.338 e. The van der Waals surface area contributed by atoms with Gasteiger partial charge < -0.3 is 10.6 Å². The highest BCUT2D eigenvalue weighted by Gasteiger charge is 2.25. The number of nitrogens with two attached hydrogens (primary N) is 1. The van der Waals surface area contributed by atoms with E-state index in [9.17, 15) is 4.79 Å². The maximum atomic E-state index is 12.4. The molecule has 1 aliphatic heterocycles. The first-order valence-electron chi connectivity index (χ1n) is 6.05. The van der Waals surface area contributed by atoms with Crippen molar-refractivity contribution in [1.82, 2.24) is 14.7 Å². The number of amides is 1. The molecular weight excluding hydrogens is 216 g/mol. The second kappa shape index (κ2) is 4.49. The molecule has 17 heavy (non-hydrogen) atoms. The molecule has 5 heteroatoms. The van der Waals surface area contributed by atoms with Gasteiger partial charge in [0.05, 0.1) is 11.3 Å². The Morgan fingerprint density at radius 3 is 2.41 bits per heavy atom. The molecule has 1 aromatic heterocycles. The zero-order chi connectivity index (χ0) is 12.6. The van der Waals surface area contributed by atoms with Gasteiger partial charge in [0, 0.05) is 31.9 Å². The van der Waals surface area contributed by atoms with Gasteiger partial charge in [-0.1, -0.05) is 0 Å². The van der Waals surface area contributed by atoms with E-state index in [2.05, 4.69) is 5.10 Å². The van der Waals surface area contributed by atoms with Crippen LogP contribution in [0.15, 0.2) is 0 Å². The van der Waals surface area contributed by atoms with Crippen LogP contribution in [0.2, 0.25) is 0 Å². The Morgan fingerprint density at radius 2 is 1.94 bits per heavy atom. The van der Waals surface area contributed by atoms with Gasteiger partial charge in [-0.05, 0) is 26.7 Å². The summed E-state index contributed by atoms with van der Waals surface area (Å²) in [6.45, 7) is 5.33. The zero-order valence-corrected chi connectivity index (χ0v) is 10.7. The number of piperidine rings is 1. The van der Waals surface area contributed by atoms with E-state index in [1.807, 2.05) is 25.8 Å². The predicted molar refractivity (Wildman–Crippen MR) is 65.8 cm³/mol. The Kier molecular flexibility index (Phi) is 3.19. The molecule has 0 radical (unpaired) electrons. The Hall–Kier alpha value is -1.36. The van der Waals surface area contributed by atoms with Gasteiger partial charge in [-0.3, -0.25) is 9.48 Å². The number of likely N-dealkylation sites (tertiary alicyclic amines) is 1. The summed E-state index contributed by atoms with van der Waals surface area (Å²) in [5.41, 5.74) is 8.34. The van der Waals surface area contributed by atoms with Gasteiger partial charge in [0.15, 0.2) is 0 Å². The molecule has 0 spiro atoms. The van der Waals surface area contributed by atoms with Crippen molar-refractivity contribution >= 4 is 5.91 Å². The summed E-state index contributed by atoms with van der Waals surface area (Å²) in [5, 5.41) is 4.29. The van der Waals surface area contributed by atoms with Crippen molar-refractivity contribution in [2.75, 3.05) is 13.1 Å². The molecule has 1 aromatic rings. The van der Waals surface area contributed by atoms with E-state index in [1.165, 1.54) is 0 Å². The Balaban J connectivity index is 2.20. The third-order valence-electron chi connectivity index (χ3n) is 3.55. The maximum absolute atomic E-state index is 12.4. The average molecular weight is 236 g/mol. The second-order valence-corrected chi connectivity index (χ2v) is 4.80. The molecule has 5 nitrogen and oxygen atoms in total. The minimum Gasteiger partial charge on any atom is -0.338 e. The number of hydrogen-bond acceptors (Lipinski definition) is 3. The molecule has 2 rings (SSSR count). The Labute approximate surface area is 102 Å². The summed E-state index contributed by atoms with van der Waals surface area (Å²) in [7, 11) is 1.87. The van der Waals surface area contributed by atoms with Gasteiger partial charge in [-0.2, -0.15) is 5.10 Å². The molecule has 1 amide bonds. The molecule has 1 fully saturated rings. The molecule has 1 aliphatic rings. The topological polar surface area (TPSA) is 64.2 Å². The van der Waals surface area contributed by atoms with Crippen molar-refractivity contribution < 1.29 is 4.79 Å². The van der Waals surface area contributed by atoms with E-state index in [1.54, 1.807) is 4.68 Å². The van der Waals surface area contributed by atoms with Crippen molar-refractivity contribution in [3.63, 3.8) is 0 Å². The van der Waals surface area contributed by atoms with Gasteiger partial charge >= 0.3 is 0 Å². The minimum atomic E-state index is 0.0972. The summed E-state index contributed by atoms with van der Waals surface area (Å²) in [5.74, 6) is 0.0972. The van der Waals surface area contributed by atoms with E-state index in [0.29, 0.717) is 0 Å². The van der Waals surface area contributed by atoms with Crippen LogP contribution >= 0.6 is 0 Å². The summed E-state index contributed by atoms with van der Waals surface area (Å²) in [6, 6.07) is 0.246. The molecule has 0 bridgehead atoms. The van der Waals surface area contributed by atoms with Gasteiger partial charge in [0.25, 0.3) is 5.91 Å². The molecule has 0 saturated carbocycles. The van der Waals surface area contributed by atoms with Gasteiger partial charge in [-0.15, -0.1) is 0 Å². The molecule has 0 atom stereocenters. The lowest BCUT2D eigenvalue weighted by atomic mass is 10.0. The predicted octanol–water partition coefficient (Wildman–Crippen LogP) is 0.600. The molecule has 0 aliphatic carbocycles. The van der Waals surface area contributed by atoms with Gasteiger partial charge in [0.1, 0.15) is 0 Å². The molecule has 0 aromatic carbocycles. The van der Waals surface area contributed by atoms with Crippen LogP contribution in [-0.4, -0.2) is 39.7 Å². The number of rotatable bonds is 1. The number of nitrogens with zero attached hydrogens (tertiary/aromatic N) is 3. The highest BCUT2D eigenvalue weighted by atomic mass is 16.2. The molecule has 94 valence electrons. The molecule has 1 saturated heterocycles. The number of hydrogen-bond donors (Lipinski definition) is 1. The minimum absolute atomic E-state index is 0.0972. The van der Waals surface area contributed by atoms with E-state index in [4.69, 9.17) is 5.73 Å². The highest BCUT2D eigenvalue weighted by molar-refractivity contribution is 5.96. The first kappa shape index (κ1) is 12.1. The van der Waals surface area contributed by atoms with E-state index < -0.39 is 0 Å². The first-order valence-corrected chi connectivity index (χ1v) is 6.05. The summed E-state index contributed by atoms with van der Waals surface area (Å²) < 4.78 is 1.76. The van der Waals surface area contributed by atoms with E-state index in [-0.39, 0.29) is 11.9 Å². The summed E-state index contributed by atoms with van der Waals surface area (Å²) in [6.07, 6.45) is 1.79. The Bertz CT molecular complexity index is 430. The number of carbonyl (C=O) groups is 1. The van der Waals surface area contributed by atoms with Crippen LogP contribution < -0.4 is 5.73 Å². The van der Waals surface area contributed by atoms with Crippen LogP contribution in [0.3, 0.4) is 0 Å². The first-order chi connectivity index (χ1) is 8.00. The standard InChI is InChI=1S/C12H20N4O/c1-8-11(9(2)15(3)14-8)12(17)16-6-4-10(13)5-7-16/h10H,4-7,13H2,1-3H3. The van der Waals surface area contributed by atoms with Crippen LogP contribution in [-0.2, 0) is 7.05 Å². The number of aromatic nitrogens is 2. The van der Waals surface area contributed by atoms with Crippen molar-refractivity contribution in [1.29, 1.82) is 0 Å². The van der Waals surface area contributed by atoms with Crippen LogP contribution in [0.25, 0.3) is 0 Å². The van der Waals surface area contributed by atoms with E-state index in [0.717, 1.165) is 42.9 Å². The monoisotopic (exact) mass is 236 g/mol. The normalized spacial score (nSPS) is 17.5. The van der Waals surface area contributed by atoms with Gasteiger partial charge in [0.2, 0.25) is 0 Å². The number of aryl methyl sites for hydroxylation is 2. The lowest BCUT2D eigenvalue weighted by Gasteiger charge is -2.30. The second-order valence-electron chi connectivity index (χ2n) is 4.80. The van der Waals surface area contributed by atoms with E-state index >= 15 is 0 Å². The van der Waals surface area contributed by atoms with Crippen LogP contribution in [0.1, 0.15) is 34.6 Å². The van der Waals surface area contributed by atoms with Crippen LogP contribution in [0.5, 0.6) is 0 Å². The fourth-order valence-corrected chi connectivity index (χ4v) is 2.34. The molecule has 0 unspecified atom stereocenters. The third kappa shape index (κ3) is 2.20. The van der Waals surface area contributed by atoms with Crippen molar-refractivity contribution in [3.8, 4) is 0 Å². The molecule has 2 N–H and O–H groups in total. The number of carbonyl (C=O) groups excluding carboxylic acids is 1. The SMILES string of the molecule is Cc1nn(C)c(C)c1C(=O)N1CCC(N)CC1. The lowest BCUT2D eigenvalue weighted by molar-refractivity contribution is 0.0713. The fourth-order valence-electron chi connectivity index (χ4n) is 2.34. The highest BCUT2D eigenvalue weighted by Crippen LogP contribution is 2.17. The Morgan fingerprint density at radius 1 is 1.35 bits per heavy atom. The summed E-state index contributed by atoms with van der Waals surface area (Å²) >= 11 is 0. The quantitative estimate of drug-likeness (QED) is 0.776. The van der Waals surface area contributed by atoms with Gasteiger partial charge in [-0.25, -0.2) is 0 Å². The van der Waals surface area contributed by atoms with Crippen LogP contribution in [0.4, 0.5) is 0 Å². The lowest BCUT2D eigenvalue weighted by Crippen LogP contribution is -2.43. The molecule has 2 heterocycles. The van der Waals surface area contributed by atoms with Crippen LogP contribution in [0, 0.1) is 13.8 Å². The third-order valence-corrected chi connectivity index (χ3v) is 3.55. The average Bonchev–Trinajstić information content (AvgIpc) is 2.53. The fraction of sp³-hybridized carbons (Fsp3) is 0.667. The van der Waals surface area contributed by atoms with Crippen molar-refractivity contribution in [2.24, 2.45) is 12.8 Å². The van der Waals surface area contributed by atoms with Crippen molar-refractivity contribution in [3.05, 3.63) is 17.0 Å². The van der Waals surface area contributed by atoms with Crippen molar-refractivity contribution in [2.45, 2.75) is 32.7 Å². The summed E-state index contributed by atoms with van der Waals surface area (Å²) in [4.78, 5) is 14.3.